The summed E-state index contributed by atoms with van der Waals surface area (Å²) in [4.78, 5) is 0. The van der Waals surface area contributed by atoms with E-state index in [-0.39, 0.29) is 17.1 Å². The third kappa shape index (κ3) is 9.34. The fraction of sp³-hybridized carbons (Fsp3) is 0.571. The molecule has 2 aromatic carbocycles. The minimum atomic E-state index is -0.247. The highest BCUT2D eigenvalue weighted by Gasteiger charge is 2.24. The van der Waals surface area contributed by atoms with Gasteiger partial charge in [0, 0.05) is 11.8 Å². The second kappa shape index (κ2) is 13.5. The maximum absolute atomic E-state index is 6.19. The molecule has 0 aliphatic heterocycles. The number of ether oxygens (including phenoxy) is 2. The van der Waals surface area contributed by atoms with E-state index < -0.39 is 0 Å². The molecule has 30 heavy (non-hydrogen) atoms. The third-order valence-electron chi connectivity index (χ3n) is 4.90. The molecule has 2 aromatic rings. The maximum atomic E-state index is 6.19. The Labute approximate surface area is 187 Å². The smallest absolute Gasteiger partial charge is 0.120 e. The van der Waals surface area contributed by atoms with Gasteiger partial charge in [-0.2, -0.15) is 0 Å². The second-order valence-electron chi connectivity index (χ2n) is 8.55. The summed E-state index contributed by atoms with van der Waals surface area (Å²) in [6, 6.07) is 17.3. The van der Waals surface area contributed by atoms with Gasteiger partial charge in [0.1, 0.15) is 11.4 Å². The number of benzene rings is 2. The van der Waals surface area contributed by atoms with Gasteiger partial charge < -0.3 is 9.47 Å². The quantitative estimate of drug-likeness (QED) is 0.432. The highest BCUT2D eigenvalue weighted by molar-refractivity contribution is 5.40. The van der Waals surface area contributed by atoms with Crippen molar-refractivity contribution in [2.45, 2.75) is 99.7 Å². The Hall–Kier alpha value is -1.80. The first-order chi connectivity index (χ1) is 14.1. The number of hydrogen-bond donors (Lipinski definition) is 0. The predicted molar refractivity (Wildman–Crippen MR) is 133 cm³/mol. The Morgan fingerprint density at radius 3 is 1.60 bits per heavy atom. The van der Waals surface area contributed by atoms with Crippen LogP contribution >= 0.6 is 0 Å². The molecule has 2 heteroatoms. The normalized spacial score (nSPS) is 11.2. The van der Waals surface area contributed by atoms with Crippen molar-refractivity contribution < 1.29 is 9.47 Å². The lowest BCUT2D eigenvalue weighted by molar-refractivity contribution is 0.0231. The zero-order valence-corrected chi connectivity index (χ0v) is 21.4. The van der Waals surface area contributed by atoms with Crippen LogP contribution in [0.3, 0.4) is 0 Å². The predicted octanol–water partition coefficient (Wildman–Crippen LogP) is 8.35. The lowest BCUT2D eigenvalue weighted by Gasteiger charge is -2.29. The molecule has 2 rings (SSSR count). The minimum Gasteiger partial charge on any atom is -0.488 e. The fourth-order valence-corrected chi connectivity index (χ4v) is 2.99. The van der Waals surface area contributed by atoms with Crippen molar-refractivity contribution in [3.05, 3.63) is 65.2 Å². The molecule has 0 heterocycles. The average molecular weight is 415 g/mol. The zero-order chi connectivity index (χ0) is 23.4. The summed E-state index contributed by atoms with van der Waals surface area (Å²) in [5.41, 5.74) is 3.62. The van der Waals surface area contributed by atoms with Gasteiger partial charge in [-0.15, -0.1) is 0 Å². The van der Waals surface area contributed by atoms with Crippen molar-refractivity contribution in [1.29, 1.82) is 0 Å². The number of rotatable bonds is 8. The van der Waals surface area contributed by atoms with Crippen molar-refractivity contribution in [3.8, 4) is 5.75 Å². The standard InChI is InChI=1S/C24H34O2.2C2H6/c1-18(2)25-17-16-23(4,5)26-22-14-12-21(13-15-22)24(6,7)20-10-8-19(3)9-11-20;2*1-2/h8-15,18H,16-17H2,1-7H3;2*1-2H3. The van der Waals surface area contributed by atoms with Gasteiger partial charge in [0.25, 0.3) is 0 Å². The molecular weight excluding hydrogens is 368 g/mol. The fourth-order valence-electron chi connectivity index (χ4n) is 2.99. The first kappa shape index (κ1) is 28.2. The molecule has 0 unspecified atom stereocenters. The minimum absolute atomic E-state index is 0.0349. The van der Waals surface area contributed by atoms with E-state index in [1.165, 1.54) is 16.7 Å². The van der Waals surface area contributed by atoms with E-state index >= 15 is 0 Å². The van der Waals surface area contributed by atoms with E-state index in [0.29, 0.717) is 6.61 Å². The summed E-state index contributed by atoms with van der Waals surface area (Å²) < 4.78 is 11.8. The Morgan fingerprint density at radius 1 is 0.733 bits per heavy atom. The highest BCUT2D eigenvalue weighted by Crippen LogP contribution is 2.33. The molecule has 0 N–H and O–H groups in total. The Kier molecular flexibility index (Phi) is 12.7. The van der Waals surface area contributed by atoms with Gasteiger partial charge >= 0.3 is 0 Å². The van der Waals surface area contributed by atoms with E-state index in [2.05, 4.69) is 97.0 Å². The van der Waals surface area contributed by atoms with Crippen LogP contribution in [-0.4, -0.2) is 18.3 Å². The van der Waals surface area contributed by atoms with Crippen LogP contribution in [0.2, 0.25) is 0 Å². The van der Waals surface area contributed by atoms with Gasteiger partial charge in [-0.1, -0.05) is 83.5 Å². The summed E-state index contributed by atoms with van der Waals surface area (Å²) in [6.07, 6.45) is 1.12. The number of aryl methyl sites for hydroxylation is 1. The molecule has 0 spiro atoms. The van der Waals surface area contributed by atoms with Crippen molar-refractivity contribution in [3.63, 3.8) is 0 Å². The molecule has 2 nitrogen and oxygen atoms in total. The van der Waals surface area contributed by atoms with Gasteiger partial charge in [0.05, 0.1) is 12.7 Å². The maximum Gasteiger partial charge on any atom is 0.120 e. The van der Waals surface area contributed by atoms with E-state index in [4.69, 9.17) is 9.47 Å². The SMILES string of the molecule is CC.CC.Cc1ccc(C(C)(C)c2ccc(OC(C)(C)CCOC(C)C)cc2)cc1. The van der Waals surface area contributed by atoms with Crippen LogP contribution in [-0.2, 0) is 10.2 Å². The Morgan fingerprint density at radius 2 is 1.17 bits per heavy atom. The van der Waals surface area contributed by atoms with Crippen LogP contribution in [0, 0.1) is 6.92 Å². The molecule has 0 atom stereocenters. The topological polar surface area (TPSA) is 18.5 Å². The van der Waals surface area contributed by atoms with Gasteiger partial charge in [0.2, 0.25) is 0 Å². The van der Waals surface area contributed by atoms with E-state index in [1.54, 1.807) is 0 Å². The molecule has 170 valence electrons. The Bertz CT molecular complexity index is 680. The summed E-state index contributed by atoms with van der Waals surface area (Å²) >= 11 is 0. The van der Waals surface area contributed by atoms with Crippen molar-refractivity contribution in [2.75, 3.05) is 6.61 Å². The van der Waals surface area contributed by atoms with Gasteiger partial charge in [0.15, 0.2) is 0 Å². The van der Waals surface area contributed by atoms with E-state index in [1.807, 2.05) is 27.7 Å². The monoisotopic (exact) mass is 414 g/mol. The highest BCUT2D eigenvalue weighted by atomic mass is 16.5. The van der Waals surface area contributed by atoms with E-state index in [9.17, 15) is 0 Å². The molecule has 0 bridgehead atoms. The summed E-state index contributed by atoms with van der Waals surface area (Å²) in [5, 5.41) is 0. The lowest BCUT2D eigenvalue weighted by Crippen LogP contribution is -2.30. The number of hydrogen-bond acceptors (Lipinski definition) is 2. The second-order valence-corrected chi connectivity index (χ2v) is 8.55. The Balaban J connectivity index is 0.00000198. The molecule has 0 saturated carbocycles. The van der Waals surface area contributed by atoms with Crippen LogP contribution in [0.4, 0.5) is 0 Å². The van der Waals surface area contributed by atoms with E-state index in [0.717, 1.165) is 12.2 Å². The summed E-state index contributed by atoms with van der Waals surface area (Å²) in [6.45, 7) is 23.7. The molecule has 0 fully saturated rings. The summed E-state index contributed by atoms with van der Waals surface area (Å²) in [5.74, 6) is 0.906. The van der Waals surface area contributed by atoms with Crippen LogP contribution in [0.1, 0.15) is 92.3 Å². The molecule has 0 amide bonds. The molecule has 0 aliphatic rings. The van der Waals surface area contributed by atoms with Crippen molar-refractivity contribution >= 4 is 0 Å². The zero-order valence-electron chi connectivity index (χ0n) is 21.4. The largest absolute Gasteiger partial charge is 0.488 e. The van der Waals surface area contributed by atoms with Crippen LogP contribution in [0.25, 0.3) is 0 Å². The third-order valence-corrected chi connectivity index (χ3v) is 4.90. The summed E-state index contributed by atoms with van der Waals surface area (Å²) in [7, 11) is 0. The van der Waals surface area contributed by atoms with Crippen LogP contribution in [0.5, 0.6) is 5.75 Å². The van der Waals surface area contributed by atoms with Gasteiger partial charge in [-0.05, 0) is 57.9 Å². The first-order valence-electron chi connectivity index (χ1n) is 11.6. The molecule has 0 aliphatic carbocycles. The van der Waals surface area contributed by atoms with Gasteiger partial charge in [-0.3, -0.25) is 0 Å². The van der Waals surface area contributed by atoms with Crippen LogP contribution in [0.15, 0.2) is 48.5 Å². The molecular formula is C28H46O2. The average Bonchev–Trinajstić information content (AvgIpc) is 2.71. The molecule has 0 saturated heterocycles. The van der Waals surface area contributed by atoms with Crippen LogP contribution < -0.4 is 4.74 Å². The lowest BCUT2D eigenvalue weighted by atomic mass is 9.78. The molecule has 0 aromatic heterocycles. The van der Waals surface area contributed by atoms with Crippen molar-refractivity contribution in [1.82, 2.24) is 0 Å². The van der Waals surface area contributed by atoms with Gasteiger partial charge in [-0.25, -0.2) is 0 Å². The van der Waals surface area contributed by atoms with Crippen molar-refractivity contribution in [2.24, 2.45) is 0 Å². The molecule has 0 radical (unpaired) electrons. The first-order valence-corrected chi connectivity index (χ1v) is 11.6.